The molecule has 7 amide bonds. The van der Waals surface area contributed by atoms with Crippen molar-refractivity contribution in [1.82, 2.24) is 53.2 Å². The quantitative estimate of drug-likeness (QED) is 0.0232. The molecule has 7 heterocycles. The van der Waals surface area contributed by atoms with Crippen molar-refractivity contribution in [3.05, 3.63) is 116 Å². The van der Waals surface area contributed by atoms with Crippen LogP contribution in [0.5, 0.6) is 46.0 Å². The number of rotatable bonds is 30. The first-order valence-electron chi connectivity index (χ1n) is 39.7. The number of nitrogens with one attached hydrogen (secondary N) is 10. The third-order valence-electron chi connectivity index (χ3n) is 21.7. The van der Waals surface area contributed by atoms with Crippen LogP contribution in [0.3, 0.4) is 0 Å². The molecule has 2 saturated heterocycles. The Kier molecular flexibility index (Phi) is 32.2. The van der Waals surface area contributed by atoms with Gasteiger partial charge in [0.2, 0.25) is 53.4 Å². The Morgan fingerprint density at radius 1 is 0.694 bits per heavy atom. The molecule has 38 nitrogen and oxygen atoms in total. The Bertz CT molecular complexity index is 4650. The number of phenolic OH excluding ortho intramolecular Hbond substituents is 3. The number of likely N-dealkylation sites (N-methyl/N-ethyl adjacent to an activating group) is 1. The van der Waals surface area contributed by atoms with Crippen molar-refractivity contribution in [2.75, 3.05) is 39.6 Å². The van der Waals surface area contributed by atoms with Gasteiger partial charge in [-0.15, -0.1) is 0 Å². The van der Waals surface area contributed by atoms with E-state index in [2.05, 4.69) is 60.1 Å². The molecule has 2 fully saturated rings. The highest BCUT2D eigenvalue weighted by Gasteiger charge is 2.52. The van der Waals surface area contributed by atoms with Crippen molar-refractivity contribution in [2.45, 2.75) is 221 Å². The van der Waals surface area contributed by atoms with E-state index in [4.69, 9.17) is 57.4 Å². The minimum absolute atomic E-state index is 0.123. The number of carboxylic acid groups (broad SMARTS) is 1. The second-order valence-corrected chi connectivity index (χ2v) is 33.7. The first-order valence-corrected chi connectivity index (χ1v) is 42.3. The van der Waals surface area contributed by atoms with Crippen LogP contribution in [0, 0.1) is 5.92 Å². The lowest BCUT2D eigenvalue weighted by Gasteiger charge is -2.48. The standard InChI is InChI=1S/C80H106Cl2N11O27P/c1-7-8-9-10-11-12-13-14-21-85-22-23-87-80(5)32-57(115-37(4)71(80)103)119-70-68(102)67(101)55(34-94)118-79(70)120-69-53-28-41-29-54(69)117-52-20-17-40(27-46(52)82)65(99)63-77(109)91-61(78(110)111)43-30-50(96)44(33-86-35-121(112,113)114)66(100)58(43)42-25-38(15-18-49(42)95)59(74(106)93-63)90-75(107)60(41)89-73(105)48(31-56(83)97)88-76(108)62(92-72(104)47(84-6)24-36(2)3)64(98)39-16-19-51(116-53)45(81)26-39/h15-20,25-30,36-37,47-48,55,57,59-65,67-68,70-71,79,84-87,94-96,98-103H,7-14,21-24,31-35H2,1-6H3,(H2,83,97)(H,88,108)(H,89,105)(H,90,107)(H,91,109)(H,92,104)(H,93,106)(H,110,111)(H2,112,113,114)/t37-,47+,48-,55+,57-,59-,60+,61-,62+,63-,64-,65-,67+,68-,70+,71+,79-,80-/m0/s1. The van der Waals surface area contributed by atoms with Crippen LogP contribution in [0.25, 0.3) is 11.1 Å². The number of carboxylic acids is 1. The molecule has 7 aliphatic heterocycles. The van der Waals surface area contributed by atoms with Gasteiger partial charge in [0.1, 0.15) is 89.5 Å². The van der Waals surface area contributed by atoms with Gasteiger partial charge in [0.25, 0.3) is 0 Å². The van der Waals surface area contributed by atoms with Gasteiger partial charge in [-0.05, 0) is 123 Å². The summed E-state index contributed by atoms with van der Waals surface area (Å²) in [5.74, 6) is -17.1. The van der Waals surface area contributed by atoms with Crippen LogP contribution in [-0.4, -0.2) is 227 Å². The molecule has 0 aromatic heterocycles. The van der Waals surface area contributed by atoms with Gasteiger partial charge in [-0.25, -0.2) is 4.79 Å². The number of phenols is 3. The van der Waals surface area contributed by atoms with Gasteiger partial charge >= 0.3 is 13.6 Å². The van der Waals surface area contributed by atoms with Crippen molar-refractivity contribution < 1.29 is 132 Å². The van der Waals surface area contributed by atoms with Crippen molar-refractivity contribution in [1.29, 1.82) is 0 Å². The fourth-order valence-corrected chi connectivity index (χ4v) is 16.0. The Morgan fingerprint density at radius 2 is 1.31 bits per heavy atom. The van der Waals surface area contributed by atoms with E-state index < -0.39 is 269 Å². The molecule has 0 saturated carbocycles. The monoisotopic (exact) mass is 1750 g/mol. The summed E-state index contributed by atoms with van der Waals surface area (Å²) in [4.78, 5) is 138. The molecule has 5 aromatic carbocycles. The average Bonchev–Trinajstić information content (AvgIpc) is 1.36. The second-order valence-electron chi connectivity index (χ2n) is 31.3. The maximum Gasteiger partial charge on any atom is 0.339 e. The van der Waals surface area contributed by atoms with Crippen molar-refractivity contribution in [3.63, 3.8) is 0 Å². The lowest BCUT2D eigenvalue weighted by atomic mass is 9.85. The molecule has 11 bridgehead atoms. The highest BCUT2D eigenvalue weighted by molar-refractivity contribution is 7.51. The lowest BCUT2D eigenvalue weighted by Crippen LogP contribution is -2.65. The summed E-state index contributed by atoms with van der Waals surface area (Å²) in [5, 5.41) is 144. The van der Waals surface area contributed by atoms with Gasteiger partial charge in [0.05, 0.1) is 53.2 Å². The van der Waals surface area contributed by atoms with E-state index in [9.17, 15) is 79.8 Å². The number of benzene rings is 5. The number of nitrogens with two attached hydrogens (primary N) is 1. The van der Waals surface area contributed by atoms with E-state index in [0.29, 0.717) is 13.1 Å². The number of ether oxygens (including phenoxy) is 6. The Hall–Kier alpha value is -9.13. The lowest BCUT2D eigenvalue weighted by molar-refractivity contribution is -0.334. The van der Waals surface area contributed by atoms with E-state index in [1.165, 1.54) is 51.3 Å². The molecule has 0 spiro atoms. The maximum absolute atomic E-state index is 16.3. The van der Waals surface area contributed by atoms with Gasteiger partial charge in [-0.2, -0.15) is 0 Å². The number of fused-ring (bicyclic) bond motifs is 15. The smallest absolute Gasteiger partial charge is 0.339 e. The van der Waals surface area contributed by atoms with Crippen LogP contribution in [0.1, 0.15) is 169 Å². The van der Waals surface area contributed by atoms with Crippen LogP contribution < -0.4 is 73.1 Å². The summed E-state index contributed by atoms with van der Waals surface area (Å²) in [7, 11) is -3.38. The third kappa shape index (κ3) is 23.0. The molecule has 0 unspecified atom stereocenters. The van der Waals surface area contributed by atoms with Crippen LogP contribution in [-0.2, 0) is 63.7 Å². The van der Waals surface area contributed by atoms with Gasteiger partial charge in [-0.1, -0.05) is 107 Å². The summed E-state index contributed by atoms with van der Waals surface area (Å²) in [5.41, 5.74) is 0.545. The number of aromatic hydroxyl groups is 3. The van der Waals surface area contributed by atoms with E-state index in [-0.39, 0.29) is 40.7 Å². The number of carbonyl (C=O) groups is 8. The fourth-order valence-electron chi connectivity index (χ4n) is 15.2. The summed E-state index contributed by atoms with van der Waals surface area (Å²) >= 11 is 14.3. The zero-order valence-corrected chi connectivity index (χ0v) is 69.5. The number of primary amides is 1. The molecule has 41 heteroatoms. The summed E-state index contributed by atoms with van der Waals surface area (Å²) < 4.78 is 51.4. The largest absolute Gasteiger partial charge is 0.507 e. The molecule has 12 rings (SSSR count). The first-order chi connectivity index (χ1) is 57.3. The minimum Gasteiger partial charge on any atom is -0.507 e. The molecular weight excluding hydrogens is 1650 g/mol. The molecule has 121 heavy (non-hydrogen) atoms. The van der Waals surface area contributed by atoms with Gasteiger partial charge in [-0.3, -0.25) is 38.1 Å². The zero-order chi connectivity index (χ0) is 88.2. The summed E-state index contributed by atoms with van der Waals surface area (Å²) in [6, 6.07) is -2.39. The summed E-state index contributed by atoms with van der Waals surface area (Å²) in [6.45, 7) is 8.98. The van der Waals surface area contributed by atoms with Crippen molar-refractivity contribution in [3.8, 4) is 57.1 Å². The predicted octanol–water partition coefficient (Wildman–Crippen LogP) is 2.69. The molecule has 18 atom stereocenters. The number of aliphatic carboxylic acids is 1. The van der Waals surface area contributed by atoms with E-state index >= 15 is 24.0 Å². The second kappa shape index (κ2) is 41.4. The number of hydrogen-bond acceptors (Lipinski definition) is 28. The zero-order valence-electron chi connectivity index (χ0n) is 67.1. The summed E-state index contributed by atoms with van der Waals surface area (Å²) in [6.07, 6.45) is -10.6. The van der Waals surface area contributed by atoms with E-state index in [0.717, 1.165) is 86.5 Å². The number of halogens is 2. The van der Waals surface area contributed by atoms with Gasteiger partial charge in [0.15, 0.2) is 29.9 Å². The minimum atomic E-state index is -4.85. The number of carbonyl (C=O) groups excluding carboxylic acids is 7. The topological polar surface area (TPSA) is 598 Å². The Balaban J connectivity index is 1.17. The van der Waals surface area contributed by atoms with Gasteiger partial charge < -0.3 is 148 Å². The Labute approximate surface area is 705 Å². The maximum atomic E-state index is 16.3. The first kappa shape index (κ1) is 94.1. The molecule has 0 aliphatic carbocycles. The SMILES string of the molecule is CCCCCCCCCCNCCN[C@@]1(C)C[C@H](O[C@H]2[C@H](Oc3c4cc5cc3Oc3ccc(cc3Cl)[C@H](O)[C@@H](NC(=O)[C@@H](CC(C)C)NC)C(=O)N[C@@H](CC(N)=O)C(=O)N[C@H]5C(=O)N[C@@H]3C(=O)N[C@H](C(=O)N[C@H](C(=O)O)c5cc(O)c(CNCP(=O)(O)O)c(O)c5-c5cc3ccc5O)[C@@H](O)c3ccc(c(Cl)c3)O4)O[C@H](CO)[C@@H](O)[C@@H]2O)O[C@@H](C)[C@H]1O. The van der Waals surface area contributed by atoms with Crippen LogP contribution in [0.4, 0.5) is 0 Å². The van der Waals surface area contributed by atoms with Crippen LogP contribution in [0.2, 0.25) is 10.0 Å². The number of aliphatic hydroxyl groups excluding tert-OH is 6. The molecule has 0 radical (unpaired) electrons. The van der Waals surface area contributed by atoms with Crippen molar-refractivity contribution in [2.24, 2.45) is 11.7 Å². The van der Waals surface area contributed by atoms with Crippen LogP contribution >= 0.6 is 30.8 Å². The third-order valence-corrected chi connectivity index (χ3v) is 22.9. The van der Waals surface area contributed by atoms with E-state index in [1.54, 1.807) is 13.8 Å². The normalized spacial score (nSPS) is 26.7. The fraction of sp³-hybridized carbons (Fsp3) is 0.525. The van der Waals surface area contributed by atoms with Crippen LogP contribution in [0.15, 0.2) is 72.8 Å². The highest BCUT2D eigenvalue weighted by atomic mass is 35.5. The number of unbranched alkanes of at least 4 members (excludes halogenated alkanes) is 7. The molecule has 7 aliphatic rings. The Morgan fingerprint density at radius 3 is 1.91 bits per heavy atom. The number of hydrogen-bond donors (Lipinski definition) is 23. The molecule has 662 valence electrons. The molecular formula is C80H106Cl2N11O27P. The van der Waals surface area contributed by atoms with Gasteiger partial charge in [0, 0.05) is 48.3 Å². The van der Waals surface area contributed by atoms with E-state index in [1.807, 2.05) is 13.8 Å². The predicted molar refractivity (Wildman–Crippen MR) is 432 cm³/mol. The van der Waals surface area contributed by atoms with Crippen molar-refractivity contribution >= 4 is 78.1 Å². The number of aliphatic hydroxyl groups is 6. The molecule has 24 N–H and O–H groups in total. The average molecular weight is 1760 g/mol. The highest BCUT2D eigenvalue weighted by Crippen LogP contribution is 2.51. The number of amides is 7. The molecule has 5 aromatic rings.